The van der Waals surface area contributed by atoms with Gasteiger partial charge >= 0.3 is 12.1 Å². The third-order valence-electron chi connectivity index (χ3n) is 6.05. The van der Waals surface area contributed by atoms with E-state index in [1.807, 2.05) is 30.3 Å². The predicted molar refractivity (Wildman–Crippen MR) is 164 cm³/mol. The molecular weight excluding hydrogens is 550 g/mol. The number of hydrogen-bond acceptors (Lipinski definition) is 7. The third-order valence-corrected chi connectivity index (χ3v) is 6.05. The van der Waals surface area contributed by atoms with Crippen molar-refractivity contribution in [3.8, 4) is 5.75 Å². The Morgan fingerprint density at radius 3 is 1.91 bits per heavy atom. The summed E-state index contributed by atoms with van der Waals surface area (Å²) in [4.78, 5) is 55.4. The second kappa shape index (κ2) is 13.9. The van der Waals surface area contributed by atoms with Gasteiger partial charge in [-0.15, -0.1) is 0 Å². The summed E-state index contributed by atoms with van der Waals surface area (Å²) in [5.41, 5.74) is -1.43. The Labute approximate surface area is 255 Å². The summed E-state index contributed by atoms with van der Waals surface area (Å²) in [6, 6.07) is 11.8. The van der Waals surface area contributed by atoms with Crippen molar-refractivity contribution >= 4 is 23.9 Å². The van der Waals surface area contributed by atoms with Crippen LogP contribution >= 0.6 is 0 Å². The fourth-order valence-corrected chi connectivity index (χ4v) is 4.38. The molecule has 0 fully saturated rings. The molecule has 0 saturated carbocycles. The molecule has 3 atom stereocenters. The number of carbonyl (C=O) groups excluding carboxylic acids is 4. The highest BCUT2D eigenvalue weighted by molar-refractivity contribution is 5.94. The van der Waals surface area contributed by atoms with Gasteiger partial charge < -0.3 is 30.1 Å². The smallest absolute Gasteiger partial charge is 0.408 e. The highest BCUT2D eigenvalue weighted by atomic mass is 16.6. The van der Waals surface area contributed by atoms with E-state index < -0.39 is 58.7 Å². The molecule has 2 aromatic carbocycles. The molecular formula is C33H47N3O7. The zero-order valence-electron chi connectivity index (χ0n) is 27.0. The normalized spacial score (nSPS) is 14.1. The first-order valence-electron chi connectivity index (χ1n) is 14.4. The average Bonchev–Trinajstić information content (AvgIpc) is 2.84. The van der Waals surface area contributed by atoms with Crippen LogP contribution in [0.25, 0.3) is 0 Å². The highest BCUT2D eigenvalue weighted by Gasteiger charge is 2.42. The standard InChI is InChI=1S/C33H47N3O7/c1-21(34-30(41)43-33(8,9)10)28(39)36(31(2,3)4)26(23-17-14-18-24(37)20-23)27(38)35-25(29(40)42-32(5,6)7)19-22-15-12-11-13-16-22/h11-18,20-21,25-26,37H,19H2,1-10H3,(H,34,41)(H,35,38). The number of phenolic OH excluding ortho intramolecular Hbond substituents is 1. The zero-order chi connectivity index (χ0) is 32.8. The molecule has 10 heteroatoms. The van der Waals surface area contributed by atoms with E-state index in [1.165, 1.54) is 24.0 Å². The molecule has 0 aliphatic rings. The van der Waals surface area contributed by atoms with Gasteiger partial charge in [0.15, 0.2) is 0 Å². The maximum atomic E-state index is 14.2. The lowest BCUT2D eigenvalue weighted by molar-refractivity contribution is -0.159. The summed E-state index contributed by atoms with van der Waals surface area (Å²) >= 11 is 0. The van der Waals surface area contributed by atoms with Crippen LogP contribution in [-0.4, -0.2) is 62.7 Å². The second-order valence-electron chi connectivity index (χ2n) is 13.5. The van der Waals surface area contributed by atoms with Crippen LogP contribution in [0.4, 0.5) is 4.79 Å². The Balaban J connectivity index is 2.56. The first-order valence-corrected chi connectivity index (χ1v) is 14.4. The number of amides is 3. The maximum absolute atomic E-state index is 14.2. The number of nitrogens with one attached hydrogen (secondary N) is 2. The van der Waals surface area contributed by atoms with Gasteiger partial charge in [-0.2, -0.15) is 0 Å². The highest BCUT2D eigenvalue weighted by Crippen LogP contribution is 2.32. The molecule has 2 aromatic rings. The van der Waals surface area contributed by atoms with Crippen LogP contribution in [-0.2, 0) is 30.3 Å². The topological polar surface area (TPSA) is 134 Å². The van der Waals surface area contributed by atoms with Gasteiger partial charge in [0.1, 0.15) is 35.1 Å². The number of carbonyl (C=O) groups is 4. The van der Waals surface area contributed by atoms with Crippen molar-refractivity contribution < 1.29 is 33.8 Å². The van der Waals surface area contributed by atoms with E-state index in [-0.39, 0.29) is 12.2 Å². The van der Waals surface area contributed by atoms with E-state index in [0.29, 0.717) is 5.56 Å². The minimum atomic E-state index is -1.29. The van der Waals surface area contributed by atoms with Crippen LogP contribution in [0.2, 0.25) is 0 Å². The molecule has 10 nitrogen and oxygen atoms in total. The fraction of sp³-hybridized carbons (Fsp3) is 0.515. The van der Waals surface area contributed by atoms with Crippen molar-refractivity contribution in [2.75, 3.05) is 0 Å². The van der Waals surface area contributed by atoms with Gasteiger partial charge in [-0.05, 0) is 92.5 Å². The Hall–Kier alpha value is -4.08. The van der Waals surface area contributed by atoms with Crippen molar-refractivity contribution in [2.45, 2.75) is 111 Å². The molecule has 0 aliphatic heterocycles. The number of esters is 1. The lowest BCUT2D eigenvalue weighted by atomic mass is 9.95. The number of phenols is 1. The Morgan fingerprint density at radius 2 is 1.40 bits per heavy atom. The largest absolute Gasteiger partial charge is 0.508 e. The van der Waals surface area contributed by atoms with Gasteiger partial charge in [0.25, 0.3) is 0 Å². The quantitative estimate of drug-likeness (QED) is 0.345. The molecule has 3 amide bonds. The number of alkyl carbamates (subject to hydrolysis) is 1. The van der Waals surface area contributed by atoms with E-state index >= 15 is 0 Å². The maximum Gasteiger partial charge on any atom is 0.408 e. The SMILES string of the molecule is CC(NC(=O)OC(C)(C)C)C(=O)N(C(C(=O)NC(Cc1ccccc1)C(=O)OC(C)(C)C)c1cccc(O)c1)C(C)(C)C. The molecule has 0 aromatic heterocycles. The summed E-state index contributed by atoms with van der Waals surface area (Å²) in [7, 11) is 0. The summed E-state index contributed by atoms with van der Waals surface area (Å²) in [6.45, 7) is 17.1. The first kappa shape index (κ1) is 35.1. The van der Waals surface area contributed by atoms with Crippen LogP contribution in [0, 0.1) is 0 Å². The monoisotopic (exact) mass is 597 g/mol. The summed E-state index contributed by atoms with van der Waals surface area (Å²) < 4.78 is 11.0. The number of rotatable bonds is 9. The van der Waals surface area contributed by atoms with Gasteiger partial charge in [0, 0.05) is 12.0 Å². The van der Waals surface area contributed by atoms with Crippen molar-refractivity contribution in [3.63, 3.8) is 0 Å². The van der Waals surface area contributed by atoms with E-state index in [2.05, 4.69) is 10.6 Å². The minimum absolute atomic E-state index is 0.107. The molecule has 0 aliphatic carbocycles. The molecule has 43 heavy (non-hydrogen) atoms. The van der Waals surface area contributed by atoms with Gasteiger partial charge in [-0.3, -0.25) is 9.59 Å². The molecule has 236 valence electrons. The van der Waals surface area contributed by atoms with E-state index in [1.54, 1.807) is 74.4 Å². The number of nitrogens with zero attached hydrogens (tertiary/aromatic N) is 1. The summed E-state index contributed by atoms with van der Waals surface area (Å²) in [5, 5.41) is 15.7. The second-order valence-corrected chi connectivity index (χ2v) is 13.5. The molecule has 0 heterocycles. The molecule has 2 rings (SSSR count). The Bertz CT molecular complexity index is 1270. The lowest BCUT2D eigenvalue weighted by Gasteiger charge is -2.43. The Morgan fingerprint density at radius 1 is 0.814 bits per heavy atom. The Kier molecular flexibility index (Phi) is 11.4. The molecule has 0 saturated heterocycles. The number of hydrogen-bond donors (Lipinski definition) is 3. The lowest BCUT2D eigenvalue weighted by Crippen LogP contribution is -2.59. The zero-order valence-corrected chi connectivity index (χ0v) is 27.0. The van der Waals surface area contributed by atoms with Crippen LogP contribution in [0.1, 0.15) is 86.4 Å². The van der Waals surface area contributed by atoms with Gasteiger partial charge in [0.2, 0.25) is 11.8 Å². The number of benzene rings is 2. The van der Waals surface area contributed by atoms with E-state index in [4.69, 9.17) is 9.47 Å². The van der Waals surface area contributed by atoms with Crippen LogP contribution in [0.15, 0.2) is 54.6 Å². The van der Waals surface area contributed by atoms with Crippen LogP contribution in [0.5, 0.6) is 5.75 Å². The van der Waals surface area contributed by atoms with Crippen LogP contribution < -0.4 is 10.6 Å². The first-order chi connectivity index (χ1) is 19.7. The third kappa shape index (κ3) is 11.3. The van der Waals surface area contributed by atoms with Crippen molar-refractivity contribution in [3.05, 3.63) is 65.7 Å². The molecule has 3 N–H and O–H groups in total. The van der Waals surface area contributed by atoms with Crippen molar-refractivity contribution in [1.29, 1.82) is 0 Å². The summed E-state index contributed by atoms with van der Waals surface area (Å²) in [6.07, 6.45) is -0.637. The average molecular weight is 598 g/mol. The van der Waals surface area contributed by atoms with Crippen LogP contribution in [0.3, 0.4) is 0 Å². The molecule has 0 bridgehead atoms. The van der Waals surface area contributed by atoms with Gasteiger partial charge in [0.05, 0.1) is 0 Å². The number of aromatic hydroxyl groups is 1. The minimum Gasteiger partial charge on any atom is -0.508 e. The summed E-state index contributed by atoms with van der Waals surface area (Å²) in [5.74, 6) is -1.97. The predicted octanol–water partition coefficient (Wildman–Crippen LogP) is 5.04. The van der Waals surface area contributed by atoms with Gasteiger partial charge in [-0.1, -0.05) is 42.5 Å². The molecule has 3 unspecified atom stereocenters. The van der Waals surface area contributed by atoms with Gasteiger partial charge in [-0.25, -0.2) is 9.59 Å². The molecule has 0 spiro atoms. The number of ether oxygens (including phenoxy) is 2. The van der Waals surface area contributed by atoms with Crippen molar-refractivity contribution in [1.82, 2.24) is 15.5 Å². The van der Waals surface area contributed by atoms with E-state index in [0.717, 1.165) is 5.56 Å². The fourth-order valence-electron chi connectivity index (χ4n) is 4.38. The molecule has 0 radical (unpaired) electrons. The van der Waals surface area contributed by atoms with Crippen molar-refractivity contribution in [2.24, 2.45) is 0 Å². The van der Waals surface area contributed by atoms with E-state index in [9.17, 15) is 24.3 Å².